The van der Waals surface area contributed by atoms with Gasteiger partial charge in [-0.3, -0.25) is 9.59 Å². The van der Waals surface area contributed by atoms with Crippen molar-refractivity contribution in [1.82, 2.24) is 0 Å². The summed E-state index contributed by atoms with van der Waals surface area (Å²) in [7, 11) is 1.72. The number of anilines is 1. The molecule has 0 atom stereocenters. The molecule has 0 N–H and O–H groups in total. The number of carbonyl (C=O) groups excluding carboxylic acids is 2. The molecule has 0 fully saturated rings. The molecule has 112 valence electrons. The zero-order valence-corrected chi connectivity index (χ0v) is 13.1. The van der Waals surface area contributed by atoms with Gasteiger partial charge in [-0.1, -0.05) is 60.3 Å². The number of nitrogens with zero attached hydrogens (tertiary/aromatic N) is 2. The lowest BCUT2D eigenvalue weighted by atomic mass is 10.1. The number of fused-ring (bicyclic) bond motifs is 1. The molecule has 2 aromatic rings. The van der Waals surface area contributed by atoms with E-state index in [1.165, 1.54) is 11.8 Å². The quantitative estimate of drug-likeness (QED) is 0.759. The van der Waals surface area contributed by atoms with Gasteiger partial charge >= 0.3 is 0 Å². The van der Waals surface area contributed by atoms with E-state index in [2.05, 4.69) is 4.99 Å². The molecule has 0 spiro atoms. The molecule has 0 bridgehead atoms. The van der Waals surface area contributed by atoms with Gasteiger partial charge in [-0.2, -0.15) is 0 Å². The predicted octanol–water partition coefficient (Wildman–Crippen LogP) is 3.09. The van der Waals surface area contributed by atoms with Crippen LogP contribution in [0.1, 0.15) is 11.1 Å². The van der Waals surface area contributed by atoms with E-state index in [1.807, 2.05) is 54.6 Å². The summed E-state index contributed by atoms with van der Waals surface area (Å²) in [5.41, 5.74) is 2.95. The van der Waals surface area contributed by atoms with Crippen LogP contribution < -0.4 is 4.90 Å². The lowest BCUT2D eigenvalue weighted by Crippen LogP contribution is -2.21. The highest BCUT2D eigenvalue weighted by molar-refractivity contribution is 8.19. The molecule has 23 heavy (non-hydrogen) atoms. The topological polar surface area (TPSA) is 49.7 Å². The Kier molecular flexibility index (Phi) is 3.16. The van der Waals surface area contributed by atoms with Gasteiger partial charge in [0.2, 0.25) is 0 Å². The number of benzene rings is 2. The van der Waals surface area contributed by atoms with Gasteiger partial charge in [-0.15, -0.1) is 0 Å². The number of rotatable bonds is 1. The summed E-state index contributed by atoms with van der Waals surface area (Å²) < 4.78 is 0. The second kappa shape index (κ2) is 5.21. The second-order valence-corrected chi connectivity index (χ2v) is 6.27. The van der Waals surface area contributed by atoms with E-state index in [0.29, 0.717) is 15.5 Å². The molecule has 0 unspecified atom stereocenters. The summed E-state index contributed by atoms with van der Waals surface area (Å²) in [5.74, 6) is -0.506. The Hall–Kier alpha value is -2.66. The smallest absolute Gasteiger partial charge is 0.285 e. The molecule has 2 aliphatic rings. The summed E-state index contributed by atoms with van der Waals surface area (Å²) in [6.45, 7) is 0. The Bertz CT molecular complexity index is 900. The van der Waals surface area contributed by atoms with Crippen molar-refractivity contribution < 1.29 is 9.59 Å². The predicted molar refractivity (Wildman–Crippen MR) is 92.3 cm³/mol. The first kappa shape index (κ1) is 14.0. The average Bonchev–Trinajstić information content (AvgIpc) is 3.08. The molecule has 4 nitrogen and oxygen atoms in total. The van der Waals surface area contributed by atoms with Gasteiger partial charge in [0.15, 0.2) is 0 Å². The summed E-state index contributed by atoms with van der Waals surface area (Å²) >= 11 is 1.27. The summed E-state index contributed by atoms with van der Waals surface area (Å²) in [6, 6.07) is 17.0. The van der Waals surface area contributed by atoms with Crippen molar-refractivity contribution in [2.75, 3.05) is 11.9 Å². The maximum Gasteiger partial charge on any atom is 0.285 e. The summed E-state index contributed by atoms with van der Waals surface area (Å²) in [5, 5.41) is 0.637. The van der Waals surface area contributed by atoms with Crippen LogP contribution in [0.3, 0.4) is 0 Å². The third kappa shape index (κ3) is 2.12. The Balaban J connectivity index is 1.82. The lowest BCUT2D eigenvalue weighted by molar-refractivity contribution is -0.115. The van der Waals surface area contributed by atoms with Gasteiger partial charge < -0.3 is 4.90 Å². The Morgan fingerprint density at radius 2 is 1.65 bits per heavy atom. The van der Waals surface area contributed by atoms with E-state index in [4.69, 9.17) is 0 Å². The van der Waals surface area contributed by atoms with Gasteiger partial charge in [-0.05, 0) is 6.07 Å². The Morgan fingerprint density at radius 1 is 0.957 bits per heavy atom. The number of carbonyl (C=O) groups is 2. The summed E-state index contributed by atoms with van der Waals surface area (Å²) in [6.07, 6.45) is 0. The Labute approximate surface area is 137 Å². The first-order chi connectivity index (χ1) is 11.2. The van der Waals surface area contributed by atoms with Crippen LogP contribution >= 0.6 is 11.8 Å². The van der Waals surface area contributed by atoms with Gasteiger partial charge in [0.25, 0.3) is 11.8 Å². The van der Waals surface area contributed by atoms with E-state index in [9.17, 15) is 9.59 Å². The molecule has 2 aromatic carbocycles. The molecule has 0 aliphatic carbocycles. The van der Waals surface area contributed by atoms with Crippen molar-refractivity contribution in [3.8, 4) is 0 Å². The standard InChI is InChI=1S/C18H12N2O2S/c1-20-13-10-6-5-9-12(13)14(18(20)22)15-16(21)19-17(23-15)11-7-3-2-4-8-11/h2-10H,1H3/b15-14-. The molecular formula is C18H12N2O2S. The fourth-order valence-corrected chi connectivity index (χ4v) is 3.77. The summed E-state index contributed by atoms with van der Waals surface area (Å²) in [4.78, 5) is 31.1. The van der Waals surface area contributed by atoms with Gasteiger partial charge in [0.05, 0.1) is 16.2 Å². The van der Waals surface area contributed by atoms with Gasteiger partial charge in [0.1, 0.15) is 5.04 Å². The van der Waals surface area contributed by atoms with Crippen molar-refractivity contribution in [3.63, 3.8) is 0 Å². The zero-order valence-electron chi connectivity index (χ0n) is 12.3. The van der Waals surface area contributed by atoms with Crippen LogP contribution in [0, 0.1) is 0 Å². The van der Waals surface area contributed by atoms with E-state index < -0.39 is 0 Å². The van der Waals surface area contributed by atoms with Crippen LogP contribution in [0.15, 0.2) is 64.5 Å². The molecule has 5 heteroatoms. The molecule has 0 radical (unpaired) electrons. The first-order valence-electron chi connectivity index (χ1n) is 7.15. The van der Waals surface area contributed by atoms with Crippen LogP contribution in [0.4, 0.5) is 5.69 Å². The maximum absolute atomic E-state index is 12.6. The highest BCUT2D eigenvalue weighted by atomic mass is 32.2. The highest BCUT2D eigenvalue weighted by Crippen LogP contribution is 2.43. The van der Waals surface area contributed by atoms with Gasteiger partial charge in [-0.25, -0.2) is 4.99 Å². The third-order valence-corrected chi connectivity index (χ3v) is 5.00. The molecule has 0 saturated heterocycles. The first-order valence-corrected chi connectivity index (χ1v) is 7.96. The maximum atomic E-state index is 12.6. The van der Waals surface area contributed by atoms with Crippen molar-refractivity contribution in [2.24, 2.45) is 4.99 Å². The van der Waals surface area contributed by atoms with E-state index in [-0.39, 0.29) is 11.8 Å². The highest BCUT2D eigenvalue weighted by Gasteiger charge is 2.37. The van der Waals surface area contributed by atoms with Crippen LogP contribution in [-0.4, -0.2) is 23.9 Å². The minimum absolute atomic E-state index is 0.161. The van der Waals surface area contributed by atoms with E-state index in [0.717, 1.165) is 16.8 Å². The van der Waals surface area contributed by atoms with Crippen LogP contribution in [0.25, 0.3) is 5.57 Å². The number of likely N-dealkylation sites (N-methyl/N-ethyl adjacent to an activating group) is 1. The monoisotopic (exact) mass is 320 g/mol. The van der Waals surface area contributed by atoms with Crippen molar-refractivity contribution >= 4 is 39.9 Å². The van der Waals surface area contributed by atoms with Crippen molar-refractivity contribution in [1.29, 1.82) is 0 Å². The minimum Gasteiger partial charge on any atom is -0.311 e. The Morgan fingerprint density at radius 3 is 2.43 bits per heavy atom. The SMILES string of the molecule is CN1C(=O)/C(=C2\SC(c3ccccc3)=NC2=O)c2ccccc21. The average molecular weight is 320 g/mol. The number of thioether (sulfide) groups is 1. The minimum atomic E-state index is -0.345. The number of hydrogen-bond acceptors (Lipinski definition) is 3. The molecule has 2 heterocycles. The number of aliphatic imine (C=N–C) groups is 1. The lowest BCUT2D eigenvalue weighted by Gasteiger charge is -2.08. The molecule has 0 saturated carbocycles. The second-order valence-electron chi connectivity index (χ2n) is 5.28. The molecule has 2 amide bonds. The molecule has 4 rings (SSSR count). The number of hydrogen-bond donors (Lipinski definition) is 0. The normalized spacial score (nSPS) is 20.0. The molecule has 0 aromatic heterocycles. The van der Waals surface area contributed by atoms with Crippen molar-refractivity contribution in [3.05, 3.63) is 70.6 Å². The zero-order chi connectivity index (χ0) is 16.0. The molecule has 2 aliphatic heterocycles. The van der Waals surface area contributed by atoms with Gasteiger partial charge in [0, 0.05) is 18.2 Å². The van der Waals surface area contributed by atoms with Crippen molar-refractivity contribution in [2.45, 2.75) is 0 Å². The largest absolute Gasteiger partial charge is 0.311 e. The van der Waals surface area contributed by atoms with E-state index >= 15 is 0 Å². The number of para-hydroxylation sites is 1. The molecular weight excluding hydrogens is 308 g/mol. The van der Waals surface area contributed by atoms with Crippen LogP contribution in [0.5, 0.6) is 0 Å². The van der Waals surface area contributed by atoms with E-state index in [1.54, 1.807) is 11.9 Å². The number of amides is 2. The fraction of sp³-hybridized carbons (Fsp3) is 0.0556. The van der Waals surface area contributed by atoms with Crippen LogP contribution in [-0.2, 0) is 9.59 Å². The van der Waals surface area contributed by atoms with Crippen LogP contribution in [0.2, 0.25) is 0 Å². The third-order valence-electron chi connectivity index (χ3n) is 3.90. The fourth-order valence-electron chi connectivity index (χ4n) is 2.76.